The van der Waals surface area contributed by atoms with Gasteiger partial charge in [0, 0.05) is 44.4 Å². The number of hydrogen-bond acceptors (Lipinski definition) is 7. The molecule has 1 aromatic carbocycles. The number of amides is 1. The Balaban J connectivity index is 0.00000300. The number of benzene rings is 1. The Labute approximate surface area is 175 Å². The van der Waals surface area contributed by atoms with E-state index in [4.69, 9.17) is 14.2 Å². The minimum absolute atomic E-state index is 0. The summed E-state index contributed by atoms with van der Waals surface area (Å²) in [5, 5.41) is 10.3. The highest BCUT2D eigenvalue weighted by Crippen LogP contribution is 2.35. The predicted octanol–water partition coefficient (Wildman–Crippen LogP) is 1.59. The molecule has 10 heteroatoms. The van der Waals surface area contributed by atoms with Gasteiger partial charge in [0.25, 0.3) is 0 Å². The number of ether oxygens (including phenoxy) is 3. The maximum absolute atomic E-state index is 13.0. The van der Waals surface area contributed by atoms with Gasteiger partial charge in [0.2, 0.25) is 5.91 Å². The van der Waals surface area contributed by atoms with E-state index in [-0.39, 0.29) is 35.7 Å². The van der Waals surface area contributed by atoms with Gasteiger partial charge in [-0.15, -0.1) is 12.4 Å². The van der Waals surface area contributed by atoms with Crippen LogP contribution in [0.15, 0.2) is 24.5 Å². The molecule has 2 aromatic rings. The summed E-state index contributed by atoms with van der Waals surface area (Å²) in [5.74, 6) is -0.311. The highest BCUT2D eigenvalue weighted by atomic mass is 35.5. The molecule has 1 aromatic heterocycles. The van der Waals surface area contributed by atoms with Crippen LogP contribution in [-0.2, 0) is 16.6 Å². The number of carbonyl (C=O) groups excluding carboxylic acids is 2. The number of nitrogens with one attached hydrogen (secondary N) is 2. The fraction of sp³-hybridized carbons (Fsp3) is 0.421. The van der Waals surface area contributed by atoms with Crippen LogP contribution in [0.4, 0.5) is 5.69 Å². The molecule has 0 saturated carbocycles. The van der Waals surface area contributed by atoms with Gasteiger partial charge in [-0.2, -0.15) is 5.10 Å². The van der Waals surface area contributed by atoms with Crippen molar-refractivity contribution in [2.45, 2.75) is 5.92 Å². The number of methoxy groups -OCH3 is 3. The maximum Gasteiger partial charge on any atom is 0.340 e. The Kier molecular flexibility index (Phi) is 7.46. The van der Waals surface area contributed by atoms with E-state index in [1.54, 1.807) is 16.9 Å². The van der Waals surface area contributed by atoms with Crippen molar-refractivity contribution in [1.29, 1.82) is 0 Å². The van der Waals surface area contributed by atoms with Gasteiger partial charge in [0.15, 0.2) is 11.5 Å². The van der Waals surface area contributed by atoms with Crippen LogP contribution in [0.2, 0.25) is 0 Å². The lowest BCUT2D eigenvalue weighted by molar-refractivity contribution is -0.119. The molecule has 0 spiro atoms. The third-order valence-corrected chi connectivity index (χ3v) is 4.89. The first-order valence-corrected chi connectivity index (χ1v) is 8.83. The van der Waals surface area contributed by atoms with E-state index in [0.717, 1.165) is 5.56 Å². The molecule has 2 atom stereocenters. The summed E-state index contributed by atoms with van der Waals surface area (Å²) in [6, 6.07) is 3.05. The molecule has 1 aliphatic rings. The van der Waals surface area contributed by atoms with Crippen molar-refractivity contribution in [1.82, 2.24) is 15.1 Å². The van der Waals surface area contributed by atoms with Crippen molar-refractivity contribution in [2.24, 2.45) is 13.0 Å². The van der Waals surface area contributed by atoms with Crippen LogP contribution >= 0.6 is 12.4 Å². The SMILES string of the molecule is COC(=O)c1cc(OC)c(OC)cc1NC(=O)[C@H]1CNC[C@@H]1c1cnn(C)c1.Cl. The second-order valence-electron chi connectivity index (χ2n) is 6.55. The van der Waals surface area contributed by atoms with E-state index < -0.39 is 5.97 Å². The fourth-order valence-electron chi connectivity index (χ4n) is 3.42. The minimum atomic E-state index is -0.579. The first kappa shape index (κ1) is 22.5. The van der Waals surface area contributed by atoms with Crippen LogP contribution in [0.1, 0.15) is 21.8 Å². The third kappa shape index (κ3) is 4.63. The van der Waals surface area contributed by atoms with Crippen molar-refractivity contribution in [3.63, 3.8) is 0 Å². The van der Waals surface area contributed by atoms with E-state index in [1.165, 1.54) is 27.4 Å². The van der Waals surface area contributed by atoms with E-state index in [9.17, 15) is 9.59 Å². The number of halogens is 1. The first-order chi connectivity index (χ1) is 13.5. The minimum Gasteiger partial charge on any atom is -0.493 e. The number of rotatable bonds is 6. The third-order valence-electron chi connectivity index (χ3n) is 4.89. The molecule has 1 amide bonds. The number of aryl methyl sites for hydroxylation is 1. The van der Waals surface area contributed by atoms with E-state index in [1.807, 2.05) is 13.2 Å². The molecular weight excluding hydrogens is 400 g/mol. The molecule has 2 heterocycles. The van der Waals surface area contributed by atoms with Gasteiger partial charge in [0.1, 0.15) is 0 Å². The first-order valence-electron chi connectivity index (χ1n) is 8.83. The molecule has 1 aliphatic heterocycles. The van der Waals surface area contributed by atoms with Gasteiger partial charge < -0.3 is 24.8 Å². The molecule has 0 bridgehead atoms. The van der Waals surface area contributed by atoms with E-state index >= 15 is 0 Å². The smallest absolute Gasteiger partial charge is 0.340 e. The molecule has 0 radical (unpaired) electrons. The molecule has 9 nitrogen and oxygen atoms in total. The zero-order chi connectivity index (χ0) is 20.3. The van der Waals surface area contributed by atoms with Gasteiger partial charge in [0.05, 0.1) is 44.7 Å². The van der Waals surface area contributed by atoms with Gasteiger partial charge in [-0.3, -0.25) is 9.48 Å². The largest absolute Gasteiger partial charge is 0.493 e. The maximum atomic E-state index is 13.0. The summed E-state index contributed by atoms with van der Waals surface area (Å²) < 4.78 is 17.1. The quantitative estimate of drug-likeness (QED) is 0.678. The molecule has 29 heavy (non-hydrogen) atoms. The van der Waals surface area contributed by atoms with Crippen molar-refractivity contribution >= 4 is 30.0 Å². The predicted molar refractivity (Wildman–Crippen MR) is 109 cm³/mol. The lowest BCUT2D eigenvalue weighted by atomic mass is 9.90. The van der Waals surface area contributed by atoms with Crippen LogP contribution in [0.25, 0.3) is 0 Å². The van der Waals surface area contributed by atoms with E-state index in [0.29, 0.717) is 30.3 Å². The lowest BCUT2D eigenvalue weighted by Gasteiger charge is -2.19. The van der Waals surface area contributed by atoms with E-state index in [2.05, 4.69) is 15.7 Å². The molecule has 2 N–H and O–H groups in total. The Morgan fingerprint density at radius 3 is 2.45 bits per heavy atom. The molecule has 0 aliphatic carbocycles. The number of nitrogens with zero attached hydrogens (tertiary/aromatic N) is 2. The number of esters is 1. The molecule has 1 saturated heterocycles. The fourth-order valence-corrected chi connectivity index (χ4v) is 3.42. The average Bonchev–Trinajstić information content (AvgIpc) is 3.35. The number of anilines is 1. The van der Waals surface area contributed by atoms with Gasteiger partial charge in [-0.25, -0.2) is 4.79 Å². The zero-order valence-electron chi connectivity index (χ0n) is 16.7. The lowest BCUT2D eigenvalue weighted by Crippen LogP contribution is -2.28. The topological polar surface area (TPSA) is 104 Å². The van der Waals surface area contributed by atoms with Crippen molar-refractivity contribution < 1.29 is 23.8 Å². The molecule has 3 rings (SSSR count). The van der Waals surface area contributed by atoms with Crippen LogP contribution < -0.4 is 20.1 Å². The Hall–Kier alpha value is -2.78. The second-order valence-corrected chi connectivity index (χ2v) is 6.55. The number of carbonyl (C=O) groups is 2. The van der Waals surface area contributed by atoms with Gasteiger partial charge >= 0.3 is 5.97 Å². The summed E-state index contributed by atoms with van der Waals surface area (Å²) in [6.45, 7) is 1.21. The summed E-state index contributed by atoms with van der Waals surface area (Å²) in [4.78, 5) is 25.2. The monoisotopic (exact) mass is 424 g/mol. The summed E-state index contributed by atoms with van der Waals surface area (Å²) in [6.07, 6.45) is 3.68. The van der Waals surface area contributed by atoms with Crippen LogP contribution in [0, 0.1) is 5.92 Å². The highest BCUT2D eigenvalue weighted by Gasteiger charge is 2.35. The Morgan fingerprint density at radius 2 is 1.86 bits per heavy atom. The average molecular weight is 425 g/mol. The Morgan fingerprint density at radius 1 is 1.17 bits per heavy atom. The second kappa shape index (κ2) is 9.62. The van der Waals surface area contributed by atoms with Crippen LogP contribution in [0.5, 0.6) is 11.5 Å². The molecular formula is C19H25ClN4O5. The summed E-state index contributed by atoms with van der Waals surface area (Å²) in [7, 11) is 6.08. The van der Waals surface area contributed by atoms with Gasteiger partial charge in [-0.1, -0.05) is 0 Å². The Bertz CT molecular complexity index is 885. The highest BCUT2D eigenvalue weighted by molar-refractivity contribution is 6.03. The normalized spacial score (nSPS) is 17.9. The summed E-state index contributed by atoms with van der Waals surface area (Å²) in [5.41, 5.74) is 1.50. The van der Waals surface area contributed by atoms with Crippen molar-refractivity contribution in [3.05, 3.63) is 35.7 Å². The standard InChI is InChI=1S/C19H24N4O5.ClH/c1-23-10-11(7-21-23)13-8-20-9-14(13)18(24)22-15-6-17(27-3)16(26-2)5-12(15)19(25)28-4;/h5-7,10,13-14,20H,8-9H2,1-4H3,(H,22,24);1H/t13-,14+;/m1./s1. The number of aromatic nitrogens is 2. The number of hydrogen-bond donors (Lipinski definition) is 2. The zero-order valence-corrected chi connectivity index (χ0v) is 17.5. The molecule has 158 valence electrons. The van der Waals surface area contributed by atoms with Crippen LogP contribution in [0.3, 0.4) is 0 Å². The van der Waals surface area contributed by atoms with Gasteiger partial charge in [-0.05, 0) is 5.56 Å². The molecule has 1 fully saturated rings. The molecule has 0 unspecified atom stereocenters. The van der Waals surface area contributed by atoms with Crippen molar-refractivity contribution in [2.75, 3.05) is 39.7 Å². The van der Waals surface area contributed by atoms with Crippen molar-refractivity contribution in [3.8, 4) is 11.5 Å². The van der Waals surface area contributed by atoms with Crippen LogP contribution in [-0.4, -0.2) is 56.1 Å². The summed E-state index contributed by atoms with van der Waals surface area (Å²) >= 11 is 0.